The first kappa shape index (κ1) is 15.1. The summed E-state index contributed by atoms with van der Waals surface area (Å²) in [5, 5.41) is 3.70. The third kappa shape index (κ3) is 3.42. The Balaban J connectivity index is 2.19. The summed E-state index contributed by atoms with van der Waals surface area (Å²) in [6.45, 7) is 8.88. The smallest absolute Gasteiger partial charge is 0.0476 e. The van der Waals surface area contributed by atoms with Crippen molar-refractivity contribution >= 4 is 0 Å². The van der Waals surface area contributed by atoms with E-state index in [1.165, 1.54) is 5.56 Å². The molecule has 2 nitrogen and oxygen atoms in total. The van der Waals surface area contributed by atoms with Gasteiger partial charge in [0.15, 0.2) is 0 Å². The standard InChI is InChI=1S/C18H26N2/c1-5-9-15(4)20-13-17(14(2)3)19-12-18(20)16-10-7-6-8-11-16/h1,6-8,10-11,14-15,17-19H,9,12-13H2,2-4H3. The van der Waals surface area contributed by atoms with E-state index in [9.17, 15) is 0 Å². The van der Waals surface area contributed by atoms with Gasteiger partial charge in [0, 0.05) is 37.6 Å². The molecule has 0 bridgehead atoms. The lowest BCUT2D eigenvalue weighted by Crippen LogP contribution is -2.56. The van der Waals surface area contributed by atoms with Gasteiger partial charge in [-0.05, 0) is 18.4 Å². The summed E-state index contributed by atoms with van der Waals surface area (Å²) in [4.78, 5) is 2.58. The Morgan fingerprint density at radius 2 is 2.00 bits per heavy atom. The van der Waals surface area contributed by atoms with Gasteiger partial charge in [-0.1, -0.05) is 44.2 Å². The maximum Gasteiger partial charge on any atom is 0.0476 e. The van der Waals surface area contributed by atoms with Crippen LogP contribution in [0.2, 0.25) is 0 Å². The second-order valence-electron chi connectivity index (χ2n) is 6.14. The SMILES string of the molecule is C#CCC(C)N1CC(C(C)C)NCC1c1ccccc1. The highest BCUT2D eigenvalue weighted by molar-refractivity contribution is 5.21. The van der Waals surface area contributed by atoms with Gasteiger partial charge < -0.3 is 5.32 Å². The zero-order valence-electron chi connectivity index (χ0n) is 12.8. The molecule has 2 heteroatoms. The van der Waals surface area contributed by atoms with Crippen molar-refractivity contribution in [1.29, 1.82) is 0 Å². The van der Waals surface area contributed by atoms with Crippen molar-refractivity contribution in [3.8, 4) is 12.3 Å². The number of rotatable bonds is 4. The molecule has 1 saturated heterocycles. The lowest BCUT2D eigenvalue weighted by Gasteiger charge is -2.44. The normalized spacial score (nSPS) is 25.4. The lowest BCUT2D eigenvalue weighted by atomic mass is 9.94. The maximum atomic E-state index is 5.52. The molecule has 20 heavy (non-hydrogen) atoms. The van der Waals surface area contributed by atoms with Gasteiger partial charge in [0.2, 0.25) is 0 Å². The third-order valence-electron chi connectivity index (χ3n) is 4.35. The fraction of sp³-hybridized carbons (Fsp3) is 0.556. The van der Waals surface area contributed by atoms with Gasteiger partial charge in [0.1, 0.15) is 0 Å². The highest BCUT2D eigenvalue weighted by atomic mass is 15.3. The Bertz CT molecular complexity index is 446. The average Bonchev–Trinajstić information content (AvgIpc) is 2.47. The van der Waals surface area contributed by atoms with E-state index in [0.29, 0.717) is 24.0 Å². The van der Waals surface area contributed by atoms with Crippen LogP contribution in [0.5, 0.6) is 0 Å². The van der Waals surface area contributed by atoms with Crippen LogP contribution >= 0.6 is 0 Å². The van der Waals surface area contributed by atoms with E-state index in [-0.39, 0.29) is 0 Å². The van der Waals surface area contributed by atoms with E-state index in [0.717, 1.165) is 19.5 Å². The van der Waals surface area contributed by atoms with Crippen molar-refractivity contribution in [2.24, 2.45) is 5.92 Å². The molecule has 1 N–H and O–H groups in total. The van der Waals surface area contributed by atoms with Gasteiger partial charge in [-0.3, -0.25) is 4.90 Å². The highest BCUT2D eigenvalue weighted by Gasteiger charge is 2.32. The van der Waals surface area contributed by atoms with E-state index in [1.54, 1.807) is 0 Å². The molecule has 1 aliphatic rings. The topological polar surface area (TPSA) is 15.3 Å². The summed E-state index contributed by atoms with van der Waals surface area (Å²) in [5.74, 6) is 3.46. The predicted molar refractivity (Wildman–Crippen MR) is 85.4 cm³/mol. The van der Waals surface area contributed by atoms with Crippen LogP contribution in [0.4, 0.5) is 0 Å². The van der Waals surface area contributed by atoms with Crippen molar-refractivity contribution in [2.45, 2.75) is 45.3 Å². The van der Waals surface area contributed by atoms with Crippen molar-refractivity contribution in [1.82, 2.24) is 10.2 Å². The second kappa shape index (κ2) is 6.92. The molecular formula is C18H26N2. The maximum absolute atomic E-state index is 5.52. The van der Waals surface area contributed by atoms with Gasteiger partial charge in [-0.2, -0.15) is 0 Å². The Kier molecular flexibility index (Phi) is 5.23. The average molecular weight is 270 g/mol. The minimum Gasteiger partial charge on any atom is -0.311 e. The molecule has 0 aromatic heterocycles. The molecule has 3 unspecified atom stereocenters. The molecule has 2 rings (SSSR count). The first-order valence-electron chi connectivity index (χ1n) is 7.61. The number of terminal acetylenes is 1. The fourth-order valence-electron chi connectivity index (χ4n) is 3.01. The van der Waals surface area contributed by atoms with Crippen LogP contribution in [-0.4, -0.2) is 30.1 Å². The van der Waals surface area contributed by atoms with E-state index in [4.69, 9.17) is 6.42 Å². The number of hydrogen-bond donors (Lipinski definition) is 1. The summed E-state index contributed by atoms with van der Waals surface area (Å²) in [6, 6.07) is 12.2. The monoisotopic (exact) mass is 270 g/mol. The molecule has 0 amide bonds. The molecule has 0 radical (unpaired) electrons. The van der Waals surface area contributed by atoms with Crippen LogP contribution in [0.1, 0.15) is 38.8 Å². The van der Waals surface area contributed by atoms with Crippen molar-refractivity contribution < 1.29 is 0 Å². The molecule has 108 valence electrons. The van der Waals surface area contributed by atoms with Gasteiger partial charge in [-0.25, -0.2) is 0 Å². The molecule has 0 spiro atoms. The molecule has 3 atom stereocenters. The Labute approximate surface area is 123 Å². The molecule has 0 aliphatic carbocycles. The Morgan fingerprint density at radius 1 is 1.30 bits per heavy atom. The lowest BCUT2D eigenvalue weighted by molar-refractivity contribution is 0.0776. The molecule has 1 aromatic rings. The minimum absolute atomic E-state index is 0.425. The van der Waals surface area contributed by atoms with E-state index in [2.05, 4.69) is 67.2 Å². The summed E-state index contributed by atoms with van der Waals surface area (Å²) in [6.07, 6.45) is 6.34. The van der Waals surface area contributed by atoms with Gasteiger partial charge >= 0.3 is 0 Å². The van der Waals surface area contributed by atoms with Crippen LogP contribution in [-0.2, 0) is 0 Å². The van der Waals surface area contributed by atoms with E-state index >= 15 is 0 Å². The zero-order chi connectivity index (χ0) is 14.5. The zero-order valence-corrected chi connectivity index (χ0v) is 12.8. The molecular weight excluding hydrogens is 244 g/mol. The van der Waals surface area contributed by atoms with E-state index in [1.807, 2.05) is 0 Å². The number of hydrogen-bond acceptors (Lipinski definition) is 2. The first-order valence-corrected chi connectivity index (χ1v) is 7.61. The molecule has 1 aromatic carbocycles. The van der Waals surface area contributed by atoms with E-state index < -0.39 is 0 Å². The Morgan fingerprint density at radius 3 is 2.60 bits per heavy atom. The van der Waals surface area contributed by atoms with Crippen LogP contribution in [0, 0.1) is 18.3 Å². The first-order chi connectivity index (χ1) is 9.63. The second-order valence-corrected chi connectivity index (χ2v) is 6.14. The Hall–Kier alpha value is -1.30. The van der Waals surface area contributed by atoms with Crippen LogP contribution in [0.25, 0.3) is 0 Å². The third-order valence-corrected chi connectivity index (χ3v) is 4.35. The molecule has 1 aliphatic heterocycles. The summed E-state index contributed by atoms with van der Waals surface area (Å²) in [7, 11) is 0. The number of benzene rings is 1. The predicted octanol–water partition coefficient (Wildman–Crippen LogP) is 3.07. The van der Waals surface area contributed by atoms with Crippen LogP contribution in [0.15, 0.2) is 30.3 Å². The fourth-order valence-corrected chi connectivity index (χ4v) is 3.01. The number of piperazine rings is 1. The van der Waals surface area contributed by atoms with Crippen molar-refractivity contribution in [2.75, 3.05) is 13.1 Å². The summed E-state index contributed by atoms with van der Waals surface area (Å²) < 4.78 is 0. The molecule has 1 fully saturated rings. The number of nitrogens with one attached hydrogen (secondary N) is 1. The summed E-state index contributed by atoms with van der Waals surface area (Å²) in [5.41, 5.74) is 1.38. The molecule has 1 heterocycles. The van der Waals surface area contributed by atoms with Crippen LogP contribution in [0.3, 0.4) is 0 Å². The van der Waals surface area contributed by atoms with Gasteiger partial charge in [0.25, 0.3) is 0 Å². The largest absolute Gasteiger partial charge is 0.311 e. The highest BCUT2D eigenvalue weighted by Crippen LogP contribution is 2.28. The number of nitrogens with zero attached hydrogens (tertiary/aromatic N) is 1. The van der Waals surface area contributed by atoms with Crippen LogP contribution < -0.4 is 5.32 Å². The van der Waals surface area contributed by atoms with Gasteiger partial charge in [-0.15, -0.1) is 12.3 Å². The minimum atomic E-state index is 0.425. The van der Waals surface area contributed by atoms with Gasteiger partial charge in [0.05, 0.1) is 0 Å². The molecule has 0 saturated carbocycles. The quantitative estimate of drug-likeness (QED) is 0.846. The summed E-state index contributed by atoms with van der Waals surface area (Å²) >= 11 is 0. The van der Waals surface area contributed by atoms with Crippen molar-refractivity contribution in [3.05, 3.63) is 35.9 Å². The van der Waals surface area contributed by atoms with Crippen molar-refractivity contribution in [3.63, 3.8) is 0 Å².